The number of aromatic nitrogens is 4. The standard InChI is InChI=1S/C17H26N6O3S/c1-21-13-14(12-18-21)17-19-16(20-26-17)15-8-4-2-7-11-23(15)27(24,25)22-9-5-3-6-10-22/h12-13,15H,2-11H2,1H3/t15-/m0/s1. The second-order valence-corrected chi connectivity index (χ2v) is 9.18. The van der Waals surface area contributed by atoms with Crippen molar-refractivity contribution in [3.8, 4) is 11.5 Å². The predicted octanol–water partition coefficient (Wildman–Crippen LogP) is 2.12. The van der Waals surface area contributed by atoms with Gasteiger partial charge in [0, 0.05) is 32.9 Å². The molecule has 1 atom stereocenters. The number of hydrogen-bond acceptors (Lipinski definition) is 6. The van der Waals surface area contributed by atoms with Crippen molar-refractivity contribution in [3.63, 3.8) is 0 Å². The summed E-state index contributed by atoms with van der Waals surface area (Å²) in [4.78, 5) is 4.51. The summed E-state index contributed by atoms with van der Waals surface area (Å²) < 4.78 is 36.9. The molecule has 148 valence electrons. The third-order valence-corrected chi connectivity index (χ3v) is 7.38. The van der Waals surface area contributed by atoms with Crippen molar-refractivity contribution in [2.45, 2.75) is 51.0 Å². The van der Waals surface area contributed by atoms with Crippen LogP contribution in [-0.4, -0.2) is 56.6 Å². The highest BCUT2D eigenvalue weighted by molar-refractivity contribution is 7.86. The molecule has 0 radical (unpaired) electrons. The highest BCUT2D eigenvalue weighted by Crippen LogP contribution is 2.33. The molecular weight excluding hydrogens is 368 g/mol. The monoisotopic (exact) mass is 394 g/mol. The third-order valence-electron chi connectivity index (χ3n) is 5.33. The maximum Gasteiger partial charge on any atom is 0.282 e. The van der Waals surface area contributed by atoms with Crippen molar-refractivity contribution in [2.24, 2.45) is 7.05 Å². The quantitative estimate of drug-likeness (QED) is 0.788. The topological polar surface area (TPSA) is 97.4 Å². The summed E-state index contributed by atoms with van der Waals surface area (Å²) in [7, 11) is -1.71. The van der Waals surface area contributed by atoms with Crippen LogP contribution in [0.3, 0.4) is 0 Å². The van der Waals surface area contributed by atoms with Gasteiger partial charge in [0.05, 0.1) is 17.8 Å². The lowest BCUT2D eigenvalue weighted by molar-refractivity contribution is 0.259. The van der Waals surface area contributed by atoms with Crippen LogP contribution in [-0.2, 0) is 17.3 Å². The molecule has 0 saturated carbocycles. The molecule has 0 spiro atoms. The highest BCUT2D eigenvalue weighted by atomic mass is 32.2. The SMILES string of the molecule is Cn1cc(-c2nc([C@@H]3CCCCCN3S(=O)(=O)N3CCCCC3)no2)cn1. The minimum atomic E-state index is -3.53. The summed E-state index contributed by atoms with van der Waals surface area (Å²) in [6, 6.07) is -0.381. The van der Waals surface area contributed by atoms with E-state index in [1.807, 2.05) is 7.05 Å². The first kappa shape index (κ1) is 18.6. The molecule has 2 aliphatic heterocycles. The molecule has 2 saturated heterocycles. The van der Waals surface area contributed by atoms with Gasteiger partial charge in [0.1, 0.15) is 0 Å². The molecule has 2 aliphatic rings. The van der Waals surface area contributed by atoms with Gasteiger partial charge in [0.25, 0.3) is 16.1 Å². The Balaban J connectivity index is 1.63. The van der Waals surface area contributed by atoms with Gasteiger partial charge < -0.3 is 4.52 Å². The van der Waals surface area contributed by atoms with Gasteiger partial charge in [0.15, 0.2) is 5.82 Å². The lowest BCUT2D eigenvalue weighted by Crippen LogP contribution is -2.47. The Bertz CT molecular complexity index is 871. The van der Waals surface area contributed by atoms with E-state index in [9.17, 15) is 8.42 Å². The molecular formula is C17H26N6O3S. The van der Waals surface area contributed by atoms with Crippen molar-refractivity contribution in [1.82, 2.24) is 28.5 Å². The Labute approximate surface area is 159 Å². The van der Waals surface area contributed by atoms with Crippen molar-refractivity contribution < 1.29 is 12.9 Å². The Kier molecular flexibility index (Phi) is 5.29. The average molecular weight is 395 g/mol. The van der Waals surface area contributed by atoms with Crippen molar-refractivity contribution >= 4 is 10.2 Å². The van der Waals surface area contributed by atoms with Crippen LogP contribution in [0, 0.1) is 0 Å². The smallest absolute Gasteiger partial charge is 0.282 e. The molecule has 2 aromatic heterocycles. The molecule has 9 nitrogen and oxygen atoms in total. The summed E-state index contributed by atoms with van der Waals surface area (Å²) in [5, 5.41) is 8.25. The van der Waals surface area contributed by atoms with Crippen LogP contribution in [0.4, 0.5) is 0 Å². The maximum atomic E-state index is 13.3. The van der Waals surface area contributed by atoms with E-state index < -0.39 is 10.2 Å². The Morgan fingerprint density at radius 1 is 1.07 bits per heavy atom. The molecule has 0 N–H and O–H groups in total. The summed E-state index contributed by atoms with van der Waals surface area (Å²) in [5.41, 5.74) is 0.732. The van der Waals surface area contributed by atoms with E-state index in [0.717, 1.165) is 44.1 Å². The molecule has 2 fully saturated rings. The van der Waals surface area contributed by atoms with Crippen LogP contribution in [0.1, 0.15) is 56.8 Å². The zero-order chi connectivity index (χ0) is 18.9. The number of nitrogens with zero attached hydrogens (tertiary/aromatic N) is 6. The fraction of sp³-hybridized carbons (Fsp3) is 0.706. The second-order valence-electron chi connectivity index (χ2n) is 7.30. The van der Waals surface area contributed by atoms with Crippen LogP contribution >= 0.6 is 0 Å². The first-order valence-corrected chi connectivity index (χ1v) is 11.0. The molecule has 0 bridgehead atoms. The van der Waals surface area contributed by atoms with E-state index >= 15 is 0 Å². The van der Waals surface area contributed by atoms with E-state index in [2.05, 4.69) is 15.2 Å². The summed E-state index contributed by atoms with van der Waals surface area (Å²) in [5.74, 6) is 0.814. The van der Waals surface area contributed by atoms with Crippen molar-refractivity contribution in [1.29, 1.82) is 0 Å². The highest BCUT2D eigenvalue weighted by Gasteiger charge is 2.39. The minimum absolute atomic E-state index is 0.373. The van der Waals surface area contributed by atoms with Crippen LogP contribution in [0.15, 0.2) is 16.9 Å². The second kappa shape index (κ2) is 7.69. The van der Waals surface area contributed by atoms with Gasteiger partial charge in [0.2, 0.25) is 0 Å². The molecule has 4 heterocycles. The Hall–Kier alpha value is -1.78. The van der Waals surface area contributed by atoms with Gasteiger partial charge in [-0.1, -0.05) is 24.4 Å². The van der Waals surface area contributed by atoms with E-state index in [1.165, 1.54) is 0 Å². The average Bonchev–Trinajstić information content (AvgIpc) is 3.25. The van der Waals surface area contributed by atoms with Gasteiger partial charge in [-0.05, 0) is 25.7 Å². The number of hydrogen-bond donors (Lipinski definition) is 0. The molecule has 0 unspecified atom stereocenters. The van der Waals surface area contributed by atoms with E-state index in [1.54, 1.807) is 25.7 Å². The molecule has 0 amide bonds. The van der Waals surface area contributed by atoms with E-state index in [-0.39, 0.29) is 6.04 Å². The van der Waals surface area contributed by atoms with E-state index in [4.69, 9.17) is 4.52 Å². The van der Waals surface area contributed by atoms with Crippen molar-refractivity contribution in [3.05, 3.63) is 18.2 Å². The van der Waals surface area contributed by atoms with Crippen LogP contribution < -0.4 is 0 Å². The van der Waals surface area contributed by atoms with Crippen LogP contribution in [0.2, 0.25) is 0 Å². The maximum absolute atomic E-state index is 13.3. The molecule has 2 aromatic rings. The lowest BCUT2D eigenvalue weighted by atomic mass is 10.1. The lowest BCUT2D eigenvalue weighted by Gasteiger charge is -2.34. The third kappa shape index (κ3) is 3.78. The summed E-state index contributed by atoms with van der Waals surface area (Å²) in [6.07, 6.45) is 9.92. The molecule has 27 heavy (non-hydrogen) atoms. The van der Waals surface area contributed by atoms with E-state index in [0.29, 0.717) is 37.8 Å². The minimum Gasteiger partial charge on any atom is -0.334 e. The number of aryl methyl sites for hydroxylation is 1. The molecule has 0 aromatic carbocycles. The first-order chi connectivity index (χ1) is 13.1. The molecule has 10 heteroatoms. The van der Waals surface area contributed by atoms with Gasteiger partial charge in [-0.25, -0.2) is 0 Å². The van der Waals surface area contributed by atoms with Crippen LogP contribution in [0.5, 0.6) is 0 Å². The van der Waals surface area contributed by atoms with Gasteiger partial charge in [-0.2, -0.15) is 27.1 Å². The van der Waals surface area contributed by atoms with Crippen LogP contribution in [0.25, 0.3) is 11.5 Å². The van der Waals surface area contributed by atoms with Gasteiger partial charge >= 0.3 is 0 Å². The first-order valence-electron chi connectivity index (χ1n) is 9.65. The normalized spacial score (nSPS) is 23.4. The molecule has 4 rings (SSSR count). The summed E-state index contributed by atoms with van der Waals surface area (Å²) in [6.45, 7) is 1.69. The Morgan fingerprint density at radius 3 is 2.56 bits per heavy atom. The zero-order valence-electron chi connectivity index (χ0n) is 15.6. The Morgan fingerprint density at radius 2 is 1.81 bits per heavy atom. The number of rotatable bonds is 4. The fourth-order valence-electron chi connectivity index (χ4n) is 3.88. The van der Waals surface area contributed by atoms with Gasteiger partial charge in [-0.3, -0.25) is 4.68 Å². The number of piperidine rings is 1. The van der Waals surface area contributed by atoms with Crippen molar-refractivity contribution in [2.75, 3.05) is 19.6 Å². The zero-order valence-corrected chi connectivity index (χ0v) is 16.4. The van der Waals surface area contributed by atoms with Gasteiger partial charge in [-0.15, -0.1) is 0 Å². The predicted molar refractivity (Wildman–Crippen MR) is 98.8 cm³/mol. The summed E-state index contributed by atoms with van der Waals surface area (Å²) >= 11 is 0. The fourth-order valence-corrected chi connectivity index (χ4v) is 5.78. The largest absolute Gasteiger partial charge is 0.334 e. The molecule has 0 aliphatic carbocycles.